The second kappa shape index (κ2) is 7.29. The molecule has 2 aromatic rings. The van der Waals surface area contributed by atoms with Crippen molar-refractivity contribution in [2.45, 2.75) is 30.3 Å². The van der Waals surface area contributed by atoms with Crippen molar-refractivity contribution in [2.24, 2.45) is 0 Å². The van der Waals surface area contributed by atoms with Crippen LogP contribution in [0.3, 0.4) is 0 Å². The van der Waals surface area contributed by atoms with E-state index in [0.717, 1.165) is 32.5 Å². The maximum Gasteiger partial charge on any atom is 0.240 e. The van der Waals surface area contributed by atoms with Gasteiger partial charge in [0.15, 0.2) is 0 Å². The van der Waals surface area contributed by atoms with Crippen LogP contribution in [0.15, 0.2) is 53.7 Å². The van der Waals surface area contributed by atoms with E-state index in [1.54, 1.807) is 24.5 Å². The fraction of sp³-hybridized carbons (Fsp3) is 0.353. The lowest BCUT2D eigenvalue weighted by molar-refractivity contribution is 0.200. The lowest BCUT2D eigenvalue weighted by Gasteiger charge is -2.32. The summed E-state index contributed by atoms with van der Waals surface area (Å²) in [6, 6.07) is 10.3. The molecule has 7 heteroatoms. The minimum Gasteiger partial charge on any atom is -0.399 e. The Hall–Kier alpha value is -1.96. The third-order valence-electron chi connectivity index (χ3n) is 4.26. The number of nitrogens with one attached hydrogen (secondary N) is 1. The Bertz CT molecular complexity index is 755. The molecule has 1 aromatic carbocycles. The lowest BCUT2D eigenvalue weighted by Crippen LogP contribution is -2.44. The van der Waals surface area contributed by atoms with Crippen LogP contribution in [0.2, 0.25) is 0 Å². The van der Waals surface area contributed by atoms with Crippen LogP contribution in [-0.4, -0.2) is 37.4 Å². The van der Waals surface area contributed by atoms with E-state index in [0.29, 0.717) is 5.69 Å². The summed E-state index contributed by atoms with van der Waals surface area (Å²) in [5.41, 5.74) is 7.39. The number of anilines is 1. The van der Waals surface area contributed by atoms with Crippen molar-refractivity contribution in [3.05, 3.63) is 54.4 Å². The number of rotatable bonds is 5. The summed E-state index contributed by atoms with van der Waals surface area (Å²) in [6.07, 6.45) is 5.20. The number of hydrogen-bond acceptors (Lipinski definition) is 5. The zero-order valence-electron chi connectivity index (χ0n) is 13.4. The molecule has 0 atom stereocenters. The molecule has 1 saturated heterocycles. The number of pyridine rings is 1. The number of sulfonamides is 1. The molecule has 0 amide bonds. The van der Waals surface area contributed by atoms with E-state index in [9.17, 15) is 8.42 Å². The third-order valence-corrected chi connectivity index (χ3v) is 5.79. The van der Waals surface area contributed by atoms with E-state index < -0.39 is 10.0 Å². The number of aromatic nitrogens is 1. The molecule has 1 aromatic heterocycles. The smallest absolute Gasteiger partial charge is 0.240 e. The van der Waals surface area contributed by atoms with Crippen LogP contribution in [-0.2, 0) is 16.6 Å². The molecule has 0 aliphatic carbocycles. The Morgan fingerprint density at radius 1 is 1.08 bits per heavy atom. The first-order valence-corrected chi connectivity index (χ1v) is 9.50. The Morgan fingerprint density at radius 3 is 2.33 bits per heavy atom. The number of nitrogens with two attached hydrogens (primary N) is 1. The highest BCUT2D eigenvalue weighted by molar-refractivity contribution is 7.89. The predicted octanol–water partition coefficient (Wildman–Crippen LogP) is 1.61. The molecule has 1 fully saturated rings. The van der Waals surface area contributed by atoms with Crippen molar-refractivity contribution in [3.8, 4) is 0 Å². The Labute approximate surface area is 142 Å². The molecular formula is C17H22N4O2S. The summed E-state index contributed by atoms with van der Waals surface area (Å²) in [5, 5.41) is 0. The molecule has 0 bridgehead atoms. The first-order valence-electron chi connectivity index (χ1n) is 8.02. The van der Waals surface area contributed by atoms with Gasteiger partial charge in [0.05, 0.1) is 4.90 Å². The Morgan fingerprint density at radius 2 is 1.71 bits per heavy atom. The zero-order valence-corrected chi connectivity index (χ0v) is 14.2. The van der Waals surface area contributed by atoms with E-state index in [4.69, 9.17) is 5.73 Å². The van der Waals surface area contributed by atoms with Crippen LogP contribution in [0, 0.1) is 0 Å². The van der Waals surface area contributed by atoms with Crippen LogP contribution in [0.25, 0.3) is 0 Å². The SMILES string of the molecule is Nc1ccc(S(=O)(=O)NC2CCN(Cc3ccncc3)CC2)cc1. The molecule has 128 valence electrons. The number of benzene rings is 1. The summed E-state index contributed by atoms with van der Waals surface area (Å²) in [7, 11) is -3.49. The number of hydrogen-bond donors (Lipinski definition) is 2. The highest BCUT2D eigenvalue weighted by atomic mass is 32.2. The molecule has 0 unspecified atom stereocenters. The topological polar surface area (TPSA) is 88.3 Å². The summed E-state index contributed by atoms with van der Waals surface area (Å²) >= 11 is 0. The van der Waals surface area contributed by atoms with E-state index in [-0.39, 0.29) is 10.9 Å². The monoisotopic (exact) mass is 346 g/mol. The zero-order chi connectivity index (χ0) is 17.0. The number of piperidine rings is 1. The van der Waals surface area contributed by atoms with Gasteiger partial charge in [0.2, 0.25) is 10.0 Å². The average molecular weight is 346 g/mol. The van der Waals surface area contributed by atoms with Gasteiger partial charge in [-0.1, -0.05) is 0 Å². The molecule has 2 heterocycles. The number of likely N-dealkylation sites (tertiary alicyclic amines) is 1. The summed E-state index contributed by atoms with van der Waals surface area (Å²) in [6.45, 7) is 2.62. The van der Waals surface area contributed by atoms with E-state index in [1.807, 2.05) is 12.1 Å². The highest BCUT2D eigenvalue weighted by Gasteiger charge is 2.24. The lowest BCUT2D eigenvalue weighted by atomic mass is 10.1. The molecule has 0 saturated carbocycles. The molecule has 3 N–H and O–H groups in total. The maximum atomic E-state index is 12.4. The van der Waals surface area contributed by atoms with Gasteiger partial charge in [0.25, 0.3) is 0 Å². The summed E-state index contributed by atoms with van der Waals surface area (Å²) < 4.78 is 27.6. The molecule has 3 rings (SSSR count). The predicted molar refractivity (Wildman–Crippen MR) is 93.7 cm³/mol. The van der Waals surface area contributed by atoms with Gasteiger partial charge < -0.3 is 5.73 Å². The van der Waals surface area contributed by atoms with Gasteiger partial charge in [-0.3, -0.25) is 9.88 Å². The van der Waals surface area contributed by atoms with Crippen LogP contribution in [0.4, 0.5) is 5.69 Å². The first kappa shape index (κ1) is 16.9. The van der Waals surface area contributed by atoms with Gasteiger partial charge in [-0.2, -0.15) is 0 Å². The number of nitrogens with zero attached hydrogens (tertiary/aromatic N) is 2. The normalized spacial score (nSPS) is 17.0. The van der Waals surface area contributed by atoms with E-state index in [2.05, 4.69) is 14.6 Å². The van der Waals surface area contributed by atoms with Crippen molar-refractivity contribution in [1.29, 1.82) is 0 Å². The molecule has 1 aliphatic heterocycles. The van der Waals surface area contributed by atoms with Gasteiger partial charge in [-0.05, 0) is 54.8 Å². The Balaban J connectivity index is 1.54. The largest absolute Gasteiger partial charge is 0.399 e. The molecule has 6 nitrogen and oxygen atoms in total. The van der Waals surface area contributed by atoms with Gasteiger partial charge in [0, 0.05) is 43.8 Å². The fourth-order valence-corrected chi connectivity index (χ4v) is 4.19. The fourth-order valence-electron chi connectivity index (χ4n) is 2.89. The van der Waals surface area contributed by atoms with Crippen LogP contribution < -0.4 is 10.5 Å². The van der Waals surface area contributed by atoms with Crippen LogP contribution in [0.1, 0.15) is 18.4 Å². The van der Waals surface area contributed by atoms with Crippen LogP contribution >= 0.6 is 0 Å². The van der Waals surface area contributed by atoms with Gasteiger partial charge >= 0.3 is 0 Å². The molecule has 0 spiro atoms. The van der Waals surface area contributed by atoms with Gasteiger partial charge in [-0.25, -0.2) is 13.1 Å². The Kier molecular flexibility index (Phi) is 5.13. The van der Waals surface area contributed by atoms with Crippen molar-refractivity contribution < 1.29 is 8.42 Å². The van der Waals surface area contributed by atoms with E-state index >= 15 is 0 Å². The van der Waals surface area contributed by atoms with Crippen molar-refractivity contribution in [1.82, 2.24) is 14.6 Å². The number of nitrogen functional groups attached to an aromatic ring is 1. The molecule has 1 aliphatic rings. The van der Waals surface area contributed by atoms with Crippen LogP contribution in [0.5, 0.6) is 0 Å². The molecule has 24 heavy (non-hydrogen) atoms. The van der Waals surface area contributed by atoms with Gasteiger partial charge in [0.1, 0.15) is 0 Å². The minimum atomic E-state index is -3.49. The highest BCUT2D eigenvalue weighted by Crippen LogP contribution is 2.17. The minimum absolute atomic E-state index is 0.0266. The average Bonchev–Trinajstić information content (AvgIpc) is 2.58. The second-order valence-corrected chi connectivity index (χ2v) is 7.81. The quantitative estimate of drug-likeness (QED) is 0.803. The van der Waals surface area contributed by atoms with Gasteiger partial charge in [-0.15, -0.1) is 0 Å². The molecular weight excluding hydrogens is 324 g/mol. The third kappa shape index (κ3) is 4.31. The standard InChI is InChI=1S/C17H22N4O2S/c18-15-1-3-17(4-2-15)24(22,23)20-16-7-11-21(12-8-16)13-14-5-9-19-10-6-14/h1-6,9-10,16,20H,7-8,11-13,18H2. The van der Waals surface area contributed by atoms with Crippen molar-refractivity contribution >= 4 is 15.7 Å². The second-order valence-electron chi connectivity index (χ2n) is 6.10. The van der Waals surface area contributed by atoms with Crippen molar-refractivity contribution in [2.75, 3.05) is 18.8 Å². The molecule has 0 radical (unpaired) electrons. The first-order chi connectivity index (χ1) is 11.5. The van der Waals surface area contributed by atoms with Crippen molar-refractivity contribution in [3.63, 3.8) is 0 Å². The summed E-state index contributed by atoms with van der Waals surface area (Å²) in [5.74, 6) is 0. The van der Waals surface area contributed by atoms with E-state index in [1.165, 1.54) is 17.7 Å². The summed E-state index contributed by atoms with van der Waals surface area (Å²) in [4.78, 5) is 6.62. The maximum absolute atomic E-state index is 12.4.